The van der Waals surface area contributed by atoms with Gasteiger partial charge in [-0.2, -0.15) is 5.26 Å². The molecule has 6 heteroatoms. The van der Waals surface area contributed by atoms with Gasteiger partial charge in [-0.1, -0.05) is 30.3 Å². The van der Waals surface area contributed by atoms with Gasteiger partial charge in [-0.25, -0.2) is 9.97 Å². The van der Waals surface area contributed by atoms with Crippen LogP contribution in [0.25, 0.3) is 0 Å². The van der Waals surface area contributed by atoms with Gasteiger partial charge in [0, 0.05) is 18.3 Å². The molecular weight excluding hydrogens is 326 g/mol. The van der Waals surface area contributed by atoms with Crippen LogP contribution in [0.5, 0.6) is 0 Å². The van der Waals surface area contributed by atoms with Gasteiger partial charge < -0.3 is 10.6 Å². The van der Waals surface area contributed by atoms with Gasteiger partial charge in [0.1, 0.15) is 17.3 Å². The molecule has 2 N–H and O–H groups in total. The van der Waals surface area contributed by atoms with Gasteiger partial charge in [-0.15, -0.1) is 0 Å². The average molecular weight is 343 g/mol. The third-order valence-electron chi connectivity index (χ3n) is 3.65. The van der Waals surface area contributed by atoms with E-state index in [2.05, 4.69) is 26.7 Å². The Morgan fingerprint density at radius 1 is 1.08 bits per heavy atom. The van der Waals surface area contributed by atoms with E-state index in [0.717, 1.165) is 11.3 Å². The number of hydrogen-bond acceptors (Lipinski definition) is 5. The number of nitrogens with zero attached hydrogens (tertiary/aromatic N) is 3. The SMILES string of the molecule is Cc1nc(Nc2ccc(C#N)cc2)cc(C(=O)NCc2ccccc2)n1. The zero-order valence-corrected chi connectivity index (χ0v) is 14.2. The number of amides is 1. The largest absolute Gasteiger partial charge is 0.347 e. The molecule has 1 aromatic heterocycles. The number of carbonyl (C=O) groups excluding carboxylic acids is 1. The summed E-state index contributed by atoms with van der Waals surface area (Å²) in [6.07, 6.45) is 0. The lowest BCUT2D eigenvalue weighted by Gasteiger charge is -2.09. The van der Waals surface area contributed by atoms with E-state index in [9.17, 15) is 4.79 Å². The minimum absolute atomic E-state index is 0.262. The van der Waals surface area contributed by atoms with E-state index >= 15 is 0 Å². The lowest BCUT2D eigenvalue weighted by molar-refractivity contribution is 0.0945. The summed E-state index contributed by atoms with van der Waals surface area (Å²) in [6, 6.07) is 20.3. The lowest BCUT2D eigenvalue weighted by Crippen LogP contribution is -2.24. The van der Waals surface area contributed by atoms with Gasteiger partial charge in [-0.05, 0) is 36.8 Å². The third-order valence-corrected chi connectivity index (χ3v) is 3.65. The standard InChI is InChI=1S/C20H17N5O/c1-14-23-18(20(26)22-13-16-5-3-2-4-6-16)11-19(24-14)25-17-9-7-15(12-21)8-10-17/h2-11H,13H2,1H3,(H,22,26)(H,23,24,25). The number of carbonyl (C=O) groups is 1. The minimum Gasteiger partial charge on any atom is -0.347 e. The maximum Gasteiger partial charge on any atom is 0.270 e. The second-order valence-corrected chi connectivity index (χ2v) is 5.67. The fourth-order valence-corrected chi connectivity index (χ4v) is 2.39. The molecule has 0 bridgehead atoms. The van der Waals surface area contributed by atoms with Crippen molar-refractivity contribution in [1.82, 2.24) is 15.3 Å². The van der Waals surface area contributed by atoms with E-state index < -0.39 is 0 Å². The number of nitriles is 1. The first kappa shape index (κ1) is 17.1. The topological polar surface area (TPSA) is 90.7 Å². The summed E-state index contributed by atoms with van der Waals surface area (Å²) in [4.78, 5) is 20.9. The highest BCUT2D eigenvalue weighted by atomic mass is 16.1. The first-order chi connectivity index (χ1) is 12.6. The maximum absolute atomic E-state index is 12.4. The van der Waals surface area contributed by atoms with Gasteiger partial charge in [-0.3, -0.25) is 4.79 Å². The van der Waals surface area contributed by atoms with Gasteiger partial charge in [0.05, 0.1) is 11.6 Å². The molecule has 1 amide bonds. The molecule has 1 heterocycles. The molecule has 0 unspecified atom stereocenters. The van der Waals surface area contributed by atoms with E-state index in [4.69, 9.17) is 5.26 Å². The van der Waals surface area contributed by atoms with Crippen LogP contribution in [-0.4, -0.2) is 15.9 Å². The summed E-state index contributed by atoms with van der Waals surface area (Å²) in [5, 5.41) is 14.8. The van der Waals surface area contributed by atoms with Crippen molar-refractivity contribution in [1.29, 1.82) is 5.26 Å². The van der Waals surface area contributed by atoms with E-state index in [1.807, 2.05) is 30.3 Å². The summed E-state index contributed by atoms with van der Waals surface area (Å²) in [5.74, 6) is 0.753. The highest BCUT2D eigenvalue weighted by molar-refractivity contribution is 5.93. The van der Waals surface area contributed by atoms with E-state index in [0.29, 0.717) is 29.4 Å². The summed E-state index contributed by atoms with van der Waals surface area (Å²) in [5.41, 5.74) is 2.67. The second kappa shape index (κ2) is 7.90. The molecule has 3 rings (SSSR count). The Hall–Kier alpha value is -3.72. The fourth-order valence-electron chi connectivity index (χ4n) is 2.39. The first-order valence-corrected chi connectivity index (χ1v) is 8.09. The molecule has 0 aliphatic heterocycles. The average Bonchev–Trinajstić information content (AvgIpc) is 2.67. The zero-order valence-electron chi connectivity index (χ0n) is 14.2. The molecule has 0 fully saturated rings. The van der Waals surface area contributed by atoms with Crippen molar-refractivity contribution in [3.8, 4) is 6.07 Å². The molecule has 3 aromatic rings. The van der Waals surface area contributed by atoms with Crippen molar-refractivity contribution in [2.75, 3.05) is 5.32 Å². The molecule has 2 aromatic carbocycles. The Morgan fingerprint density at radius 3 is 2.50 bits per heavy atom. The van der Waals surface area contributed by atoms with Crippen molar-refractivity contribution in [2.24, 2.45) is 0 Å². The Bertz CT molecular complexity index is 946. The Balaban J connectivity index is 1.72. The van der Waals surface area contributed by atoms with Gasteiger partial charge in [0.2, 0.25) is 0 Å². The number of aromatic nitrogens is 2. The lowest BCUT2D eigenvalue weighted by atomic mass is 10.2. The molecular formula is C20H17N5O. The van der Waals surface area contributed by atoms with Crippen molar-refractivity contribution in [3.63, 3.8) is 0 Å². The number of anilines is 2. The van der Waals surface area contributed by atoms with Gasteiger partial charge in [0.25, 0.3) is 5.91 Å². The maximum atomic E-state index is 12.4. The minimum atomic E-state index is -0.262. The molecule has 0 atom stereocenters. The summed E-state index contributed by atoms with van der Waals surface area (Å²) in [6.45, 7) is 2.17. The van der Waals surface area contributed by atoms with Crippen LogP contribution in [0.15, 0.2) is 60.7 Å². The number of benzene rings is 2. The molecule has 128 valence electrons. The molecule has 6 nitrogen and oxygen atoms in total. The van der Waals surface area contributed by atoms with E-state index in [-0.39, 0.29) is 5.91 Å². The number of aryl methyl sites for hydroxylation is 1. The van der Waals surface area contributed by atoms with Crippen LogP contribution in [0.4, 0.5) is 11.5 Å². The highest BCUT2D eigenvalue weighted by Gasteiger charge is 2.10. The van der Waals surface area contributed by atoms with Gasteiger partial charge >= 0.3 is 0 Å². The molecule has 0 saturated heterocycles. The molecule has 26 heavy (non-hydrogen) atoms. The van der Waals surface area contributed by atoms with Crippen LogP contribution in [-0.2, 0) is 6.54 Å². The smallest absolute Gasteiger partial charge is 0.270 e. The quantitative estimate of drug-likeness (QED) is 0.741. The predicted molar refractivity (Wildman–Crippen MR) is 98.8 cm³/mol. The monoisotopic (exact) mass is 343 g/mol. The van der Waals surface area contributed by atoms with Gasteiger partial charge in [0.15, 0.2) is 0 Å². The van der Waals surface area contributed by atoms with Crippen LogP contribution in [0.3, 0.4) is 0 Å². The molecule has 0 saturated carbocycles. The van der Waals surface area contributed by atoms with Crippen LogP contribution in [0.1, 0.15) is 27.4 Å². The predicted octanol–water partition coefficient (Wildman–Crippen LogP) is 3.33. The second-order valence-electron chi connectivity index (χ2n) is 5.67. The van der Waals surface area contributed by atoms with Crippen molar-refractivity contribution in [2.45, 2.75) is 13.5 Å². The molecule has 0 radical (unpaired) electrons. The number of nitrogens with one attached hydrogen (secondary N) is 2. The molecule has 0 spiro atoms. The number of rotatable bonds is 5. The van der Waals surface area contributed by atoms with Crippen molar-refractivity contribution >= 4 is 17.4 Å². The first-order valence-electron chi connectivity index (χ1n) is 8.09. The van der Waals surface area contributed by atoms with Crippen molar-refractivity contribution in [3.05, 3.63) is 83.3 Å². The van der Waals surface area contributed by atoms with Crippen LogP contribution in [0.2, 0.25) is 0 Å². The Morgan fingerprint density at radius 2 is 1.81 bits per heavy atom. The molecule has 0 aliphatic carbocycles. The van der Waals surface area contributed by atoms with Crippen LogP contribution in [0, 0.1) is 18.3 Å². The Kier molecular flexibility index (Phi) is 5.20. The van der Waals surface area contributed by atoms with Crippen LogP contribution < -0.4 is 10.6 Å². The normalized spacial score (nSPS) is 10.0. The van der Waals surface area contributed by atoms with E-state index in [1.165, 1.54) is 0 Å². The van der Waals surface area contributed by atoms with Crippen LogP contribution >= 0.6 is 0 Å². The third kappa shape index (κ3) is 4.42. The van der Waals surface area contributed by atoms with E-state index in [1.54, 1.807) is 37.3 Å². The summed E-state index contributed by atoms with van der Waals surface area (Å²) in [7, 11) is 0. The number of hydrogen-bond donors (Lipinski definition) is 2. The summed E-state index contributed by atoms with van der Waals surface area (Å²) < 4.78 is 0. The summed E-state index contributed by atoms with van der Waals surface area (Å²) >= 11 is 0. The Labute approximate surface area is 151 Å². The highest BCUT2D eigenvalue weighted by Crippen LogP contribution is 2.16. The fraction of sp³-hybridized carbons (Fsp3) is 0.100. The zero-order chi connectivity index (χ0) is 18.4. The molecule has 0 aliphatic rings. The van der Waals surface area contributed by atoms with Crippen molar-refractivity contribution < 1.29 is 4.79 Å².